The van der Waals surface area contributed by atoms with Crippen LogP contribution in [-0.4, -0.2) is 42.3 Å². The Bertz CT molecular complexity index is 1010. The van der Waals surface area contributed by atoms with E-state index in [-0.39, 0.29) is 24.0 Å². The highest BCUT2D eigenvalue weighted by Gasteiger charge is 2.23. The van der Waals surface area contributed by atoms with Gasteiger partial charge in [0.05, 0.1) is 6.54 Å². The topological polar surface area (TPSA) is 78.6 Å². The van der Waals surface area contributed by atoms with Crippen LogP contribution in [0, 0.1) is 6.92 Å². The second-order valence-corrected chi connectivity index (χ2v) is 7.79. The molecule has 7 nitrogen and oxygen atoms in total. The Morgan fingerprint density at radius 2 is 1.94 bits per heavy atom. The van der Waals surface area contributed by atoms with Crippen molar-refractivity contribution in [2.45, 2.75) is 25.9 Å². The molecule has 0 saturated carbocycles. The number of aryl methyl sites for hydroxylation is 1. The van der Waals surface area contributed by atoms with Gasteiger partial charge in [-0.15, -0.1) is 24.0 Å². The number of hydrogen-bond donors (Lipinski definition) is 2. The van der Waals surface area contributed by atoms with Crippen molar-refractivity contribution >= 4 is 47.2 Å². The largest absolute Gasteiger partial charge is 0.369 e. The van der Waals surface area contributed by atoms with Gasteiger partial charge in [-0.25, -0.2) is 0 Å². The molecule has 2 aromatic carbocycles. The van der Waals surface area contributed by atoms with Crippen molar-refractivity contribution in [1.29, 1.82) is 0 Å². The highest BCUT2D eigenvalue weighted by Crippen LogP contribution is 2.21. The second-order valence-electron chi connectivity index (χ2n) is 7.36. The summed E-state index contributed by atoms with van der Waals surface area (Å²) >= 11 is 5.93. The molecule has 0 radical (unpaired) electrons. The third-order valence-electron chi connectivity index (χ3n) is 5.13. The van der Waals surface area contributed by atoms with E-state index in [4.69, 9.17) is 16.1 Å². The first kappa shape index (κ1) is 23.3. The van der Waals surface area contributed by atoms with Crippen LogP contribution in [0.2, 0.25) is 5.02 Å². The van der Waals surface area contributed by atoms with Gasteiger partial charge in [0.1, 0.15) is 0 Å². The van der Waals surface area contributed by atoms with E-state index in [0.29, 0.717) is 29.3 Å². The number of nitrogens with zero attached hydrogens (tertiary/aromatic N) is 4. The summed E-state index contributed by atoms with van der Waals surface area (Å²) in [5, 5.41) is 11.4. The molecule has 0 bridgehead atoms. The van der Waals surface area contributed by atoms with E-state index in [1.165, 1.54) is 11.3 Å². The maximum Gasteiger partial charge on any atom is 0.246 e. The van der Waals surface area contributed by atoms with E-state index in [2.05, 4.69) is 61.9 Å². The van der Waals surface area contributed by atoms with Crippen LogP contribution in [0.25, 0.3) is 11.4 Å². The summed E-state index contributed by atoms with van der Waals surface area (Å²) in [5.74, 6) is 1.75. The Morgan fingerprint density at radius 1 is 1.19 bits per heavy atom. The van der Waals surface area contributed by atoms with Crippen LogP contribution < -0.4 is 15.5 Å². The van der Waals surface area contributed by atoms with Crippen LogP contribution in [0.4, 0.5) is 5.69 Å². The fourth-order valence-electron chi connectivity index (χ4n) is 3.46. The Balaban J connectivity index is 0.00000272. The minimum Gasteiger partial charge on any atom is -0.369 e. The highest BCUT2D eigenvalue weighted by atomic mass is 127. The molecule has 0 amide bonds. The van der Waals surface area contributed by atoms with E-state index in [1.54, 1.807) is 19.2 Å². The number of hydrogen-bond acceptors (Lipinski definition) is 5. The van der Waals surface area contributed by atoms with Crippen LogP contribution >= 0.6 is 35.6 Å². The average Bonchev–Trinajstić information content (AvgIpc) is 3.42. The summed E-state index contributed by atoms with van der Waals surface area (Å²) < 4.78 is 5.35. The van der Waals surface area contributed by atoms with E-state index in [1.807, 2.05) is 12.1 Å². The van der Waals surface area contributed by atoms with Crippen molar-refractivity contribution in [3.63, 3.8) is 0 Å². The van der Waals surface area contributed by atoms with Gasteiger partial charge in [-0.3, -0.25) is 4.99 Å². The Kier molecular flexibility index (Phi) is 8.14. The zero-order chi connectivity index (χ0) is 20.9. The van der Waals surface area contributed by atoms with Crippen LogP contribution in [0.15, 0.2) is 58.0 Å². The Morgan fingerprint density at radius 3 is 2.65 bits per heavy atom. The molecule has 0 aliphatic carbocycles. The maximum atomic E-state index is 5.93. The molecule has 1 atom stereocenters. The summed E-state index contributed by atoms with van der Waals surface area (Å²) in [4.78, 5) is 11.1. The molecule has 31 heavy (non-hydrogen) atoms. The molecule has 164 valence electrons. The molecule has 2 heterocycles. The fourth-order valence-corrected chi connectivity index (χ4v) is 3.58. The number of rotatable bonds is 5. The molecule has 4 rings (SSSR count). The SMILES string of the molecule is CN=C(NCc1nc(-c2ccc(Cl)cc2)no1)NC1CCN(c2ccc(C)cc2)C1.I. The molecule has 1 aliphatic rings. The molecular weight excluding hydrogens is 527 g/mol. The first-order valence-electron chi connectivity index (χ1n) is 9.98. The van der Waals surface area contributed by atoms with Crippen molar-refractivity contribution in [2.75, 3.05) is 25.0 Å². The quantitative estimate of drug-likeness (QED) is 0.280. The van der Waals surface area contributed by atoms with Gasteiger partial charge in [-0.1, -0.05) is 34.5 Å². The lowest BCUT2D eigenvalue weighted by Gasteiger charge is -2.20. The maximum absolute atomic E-state index is 5.93. The lowest BCUT2D eigenvalue weighted by atomic mass is 10.2. The minimum absolute atomic E-state index is 0. The molecule has 1 aliphatic heterocycles. The molecule has 3 aromatic rings. The number of nitrogens with one attached hydrogen (secondary N) is 2. The molecule has 1 aromatic heterocycles. The van der Waals surface area contributed by atoms with Crippen LogP contribution in [0.5, 0.6) is 0 Å². The summed E-state index contributed by atoms with van der Waals surface area (Å²) in [6.07, 6.45) is 1.05. The van der Waals surface area contributed by atoms with Crippen molar-refractivity contribution in [3.05, 3.63) is 65.0 Å². The first-order chi connectivity index (χ1) is 14.6. The van der Waals surface area contributed by atoms with E-state index < -0.39 is 0 Å². The van der Waals surface area contributed by atoms with Gasteiger partial charge in [0, 0.05) is 42.5 Å². The molecule has 1 unspecified atom stereocenters. The minimum atomic E-state index is 0. The number of anilines is 1. The molecule has 2 N–H and O–H groups in total. The summed E-state index contributed by atoms with van der Waals surface area (Å²) in [7, 11) is 1.76. The van der Waals surface area contributed by atoms with E-state index in [9.17, 15) is 0 Å². The van der Waals surface area contributed by atoms with Gasteiger partial charge in [0.2, 0.25) is 11.7 Å². The molecule has 1 fully saturated rings. The van der Waals surface area contributed by atoms with Crippen molar-refractivity contribution in [2.24, 2.45) is 4.99 Å². The van der Waals surface area contributed by atoms with Crippen molar-refractivity contribution in [1.82, 2.24) is 20.8 Å². The predicted octanol–water partition coefficient (Wildman–Crippen LogP) is 4.26. The highest BCUT2D eigenvalue weighted by molar-refractivity contribution is 14.0. The third kappa shape index (κ3) is 6.10. The first-order valence-corrected chi connectivity index (χ1v) is 10.4. The molecule has 1 saturated heterocycles. The average molecular weight is 553 g/mol. The van der Waals surface area contributed by atoms with Crippen molar-refractivity contribution in [3.8, 4) is 11.4 Å². The van der Waals surface area contributed by atoms with Gasteiger partial charge >= 0.3 is 0 Å². The fraction of sp³-hybridized carbons (Fsp3) is 0.318. The van der Waals surface area contributed by atoms with Gasteiger partial charge in [-0.05, 0) is 49.7 Å². The molecule has 9 heteroatoms. The lowest BCUT2D eigenvalue weighted by Crippen LogP contribution is -2.44. The number of aromatic nitrogens is 2. The predicted molar refractivity (Wildman–Crippen MR) is 135 cm³/mol. The van der Waals surface area contributed by atoms with E-state index >= 15 is 0 Å². The van der Waals surface area contributed by atoms with Gasteiger partial charge < -0.3 is 20.1 Å². The van der Waals surface area contributed by atoms with E-state index in [0.717, 1.165) is 31.0 Å². The van der Waals surface area contributed by atoms with Crippen LogP contribution in [0.3, 0.4) is 0 Å². The normalized spacial score (nSPS) is 16.2. The standard InChI is InChI=1S/C22H25ClN6O.HI/c1-15-3-9-19(10-4-15)29-12-11-18(14-29)26-22(24-2)25-13-20-27-21(28-30-20)16-5-7-17(23)8-6-16;/h3-10,18H,11-14H2,1-2H3,(H2,24,25,26);1H. The van der Waals surface area contributed by atoms with Crippen LogP contribution in [0.1, 0.15) is 17.9 Å². The third-order valence-corrected chi connectivity index (χ3v) is 5.38. The zero-order valence-corrected chi connectivity index (χ0v) is 20.6. The number of benzene rings is 2. The number of halogens is 2. The monoisotopic (exact) mass is 552 g/mol. The van der Waals surface area contributed by atoms with Crippen molar-refractivity contribution < 1.29 is 4.52 Å². The van der Waals surface area contributed by atoms with Gasteiger partial charge in [0.25, 0.3) is 0 Å². The lowest BCUT2D eigenvalue weighted by molar-refractivity contribution is 0.375. The number of aliphatic imine (C=N–C) groups is 1. The van der Waals surface area contributed by atoms with Crippen LogP contribution in [-0.2, 0) is 6.54 Å². The zero-order valence-electron chi connectivity index (χ0n) is 17.5. The summed E-state index contributed by atoms with van der Waals surface area (Å²) in [6.45, 7) is 4.46. The Hall–Kier alpha value is -2.33. The summed E-state index contributed by atoms with van der Waals surface area (Å²) in [6, 6.07) is 16.3. The number of guanidine groups is 1. The van der Waals surface area contributed by atoms with Gasteiger partial charge in [-0.2, -0.15) is 4.98 Å². The Labute approximate surface area is 204 Å². The second kappa shape index (κ2) is 10.8. The smallest absolute Gasteiger partial charge is 0.246 e. The summed E-state index contributed by atoms with van der Waals surface area (Å²) in [5.41, 5.74) is 3.39. The van der Waals surface area contributed by atoms with Gasteiger partial charge in [0.15, 0.2) is 5.96 Å². The molecule has 0 spiro atoms. The molecular formula is C22H26ClIN6O.